The Morgan fingerprint density at radius 2 is 1.50 bits per heavy atom. The van der Waals surface area contributed by atoms with E-state index in [-0.39, 0.29) is 17.2 Å². The molecule has 0 saturated heterocycles. The summed E-state index contributed by atoms with van der Waals surface area (Å²) in [6.45, 7) is 0. The molecule has 2 aromatic heterocycles. The van der Waals surface area contributed by atoms with Gasteiger partial charge in [-0.3, -0.25) is 9.59 Å². The number of aromatic nitrogens is 4. The molecule has 0 aliphatic rings. The average Bonchev–Trinajstić information content (AvgIpc) is 3.44. The summed E-state index contributed by atoms with van der Waals surface area (Å²) in [5, 5.41) is 2.20. The van der Waals surface area contributed by atoms with Crippen LogP contribution < -0.4 is 11.1 Å². The Balaban J connectivity index is 1.40. The predicted octanol–water partition coefficient (Wildman–Crippen LogP) is 3.49. The summed E-state index contributed by atoms with van der Waals surface area (Å²) in [6, 6.07) is 19.8. The highest BCUT2D eigenvalue weighted by Crippen LogP contribution is 2.24. The Morgan fingerprint density at radius 3 is 2.34 bits per heavy atom. The molecule has 0 bridgehead atoms. The smallest absolute Gasteiger partial charge is 0.146 e. The maximum Gasteiger partial charge on any atom is 0.146 e. The molecule has 0 radical (unpaired) electrons. The molecule has 2 atom stereocenters. The molecule has 0 aliphatic heterocycles. The van der Waals surface area contributed by atoms with E-state index in [0.717, 1.165) is 56.2 Å². The van der Waals surface area contributed by atoms with E-state index in [1.165, 1.54) is 0 Å². The third kappa shape index (κ3) is 4.22. The lowest BCUT2D eigenvalue weighted by molar-refractivity contribution is 0.569. The molecule has 5 aromatic rings. The number of rotatable bonds is 5. The number of hydrogen-bond acceptors (Lipinski definition) is 4. The van der Waals surface area contributed by atoms with Crippen LogP contribution >= 0.6 is 17.2 Å². The summed E-state index contributed by atoms with van der Waals surface area (Å²) in [7, 11) is 0.0582. The van der Waals surface area contributed by atoms with Crippen LogP contribution in [0.25, 0.3) is 33.1 Å². The third-order valence-electron chi connectivity index (χ3n) is 4.95. The van der Waals surface area contributed by atoms with E-state index in [4.69, 9.17) is 0 Å². The van der Waals surface area contributed by atoms with E-state index >= 15 is 0 Å². The molecule has 5 rings (SSSR count). The molecule has 6 nitrogen and oxygen atoms in total. The number of nitrogens with one attached hydrogen (secondary N) is 2. The zero-order valence-electron chi connectivity index (χ0n) is 16.6. The zero-order valence-corrected chi connectivity index (χ0v) is 18.6. The Labute approximate surface area is 186 Å². The number of imidazole rings is 2. The lowest BCUT2D eigenvalue weighted by atomic mass is 10.0. The number of H-pyrrole nitrogens is 2. The highest BCUT2D eigenvalue weighted by Gasteiger charge is 2.05. The van der Waals surface area contributed by atoms with E-state index in [0.29, 0.717) is 11.1 Å². The van der Waals surface area contributed by atoms with E-state index in [9.17, 15) is 9.59 Å². The van der Waals surface area contributed by atoms with Crippen LogP contribution in [0.1, 0.15) is 11.1 Å². The van der Waals surface area contributed by atoms with Crippen LogP contribution in [-0.2, 0) is 9.59 Å². The van der Waals surface area contributed by atoms with Crippen LogP contribution in [0, 0.1) is 11.8 Å². The van der Waals surface area contributed by atoms with Crippen molar-refractivity contribution in [3.8, 4) is 23.1 Å². The monoisotopic (exact) mass is 454 g/mol. The molecule has 0 aliphatic carbocycles. The fraction of sp³-hybridized carbons (Fsp3) is 0. The number of aromatic amines is 2. The van der Waals surface area contributed by atoms with E-state index in [2.05, 4.69) is 56.0 Å². The summed E-state index contributed by atoms with van der Waals surface area (Å²) >= 11 is 0. The van der Waals surface area contributed by atoms with Crippen LogP contribution in [0.2, 0.25) is 0 Å². The number of fused-ring (bicyclic) bond motifs is 2. The fourth-order valence-electron chi connectivity index (χ4n) is 3.44. The second-order valence-electron chi connectivity index (χ2n) is 7.01. The van der Waals surface area contributed by atoms with Crippen molar-refractivity contribution in [1.82, 2.24) is 19.9 Å². The molecule has 0 saturated carbocycles. The molecule has 0 spiro atoms. The van der Waals surface area contributed by atoms with Crippen LogP contribution in [0.5, 0.6) is 0 Å². The van der Waals surface area contributed by atoms with Crippen LogP contribution in [-0.4, -0.2) is 32.0 Å². The first-order chi connectivity index (χ1) is 15.7. The van der Waals surface area contributed by atoms with Gasteiger partial charge in [0.1, 0.15) is 23.2 Å². The largest absolute Gasteiger partial charge is 0.338 e. The third-order valence-corrected chi connectivity index (χ3v) is 6.22. The summed E-state index contributed by atoms with van der Waals surface area (Å²) in [5.41, 5.74) is 6.80. The Kier molecular flexibility index (Phi) is 5.60. The Hall–Kier alpha value is -3.64. The minimum Gasteiger partial charge on any atom is -0.338 e. The highest BCUT2D eigenvalue weighted by atomic mass is 31.1. The van der Waals surface area contributed by atoms with Gasteiger partial charge >= 0.3 is 0 Å². The predicted molar refractivity (Wildman–Crippen MR) is 133 cm³/mol. The number of benzene rings is 3. The van der Waals surface area contributed by atoms with Crippen molar-refractivity contribution in [2.24, 2.45) is 0 Å². The van der Waals surface area contributed by atoms with Gasteiger partial charge in [0.15, 0.2) is 0 Å². The standard InChI is InChI=1S/C24H16N4O2P2/c29-13-31-23-25-12-22(28-23)19-7-6-17-9-15(3-5-18(17)11-19)1-2-16-4-8-20-21(10-16)27-24(26-20)32-14-30/h3-14,31-32H,(H,25,28)(H,26,27). The Bertz CT molecular complexity index is 1540. The minimum absolute atomic E-state index is 0.0244. The quantitative estimate of drug-likeness (QED) is 0.242. The van der Waals surface area contributed by atoms with Gasteiger partial charge in [-0.1, -0.05) is 30.0 Å². The minimum atomic E-state index is 0.0244. The molecular weight excluding hydrogens is 438 g/mol. The summed E-state index contributed by atoms with van der Waals surface area (Å²) in [6.07, 6.45) is 1.76. The molecule has 2 unspecified atom stereocenters. The van der Waals surface area contributed by atoms with Crippen LogP contribution in [0.15, 0.2) is 60.8 Å². The molecule has 154 valence electrons. The number of nitrogens with zero attached hydrogens (tertiary/aromatic N) is 2. The first-order valence-corrected chi connectivity index (χ1v) is 11.9. The molecule has 2 heterocycles. The molecular formula is C24H16N4O2P2. The summed E-state index contributed by atoms with van der Waals surface area (Å²) < 4.78 is 0. The van der Waals surface area contributed by atoms with Crippen molar-refractivity contribution in [2.45, 2.75) is 0 Å². The molecule has 2 N–H and O–H groups in total. The second-order valence-corrected chi connectivity index (χ2v) is 9.01. The van der Waals surface area contributed by atoms with Gasteiger partial charge in [-0.25, -0.2) is 9.97 Å². The molecule has 0 amide bonds. The maximum absolute atomic E-state index is 10.7. The normalized spacial score (nSPS) is 11.5. The Morgan fingerprint density at radius 1 is 0.781 bits per heavy atom. The number of hydrogen-bond donors (Lipinski definition) is 2. The molecule has 0 fully saturated rings. The van der Waals surface area contributed by atoms with Gasteiger partial charge in [-0.2, -0.15) is 0 Å². The lowest BCUT2D eigenvalue weighted by Gasteiger charge is -2.03. The second kappa shape index (κ2) is 8.85. The van der Waals surface area contributed by atoms with Crippen molar-refractivity contribution < 1.29 is 9.59 Å². The van der Waals surface area contributed by atoms with E-state index in [1.807, 2.05) is 30.3 Å². The van der Waals surface area contributed by atoms with Crippen LogP contribution in [0.4, 0.5) is 0 Å². The zero-order chi connectivity index (χ0) is 21.9. The van der Waals surface area contributed by atoms with Gasteiger partial charge in [0.05, 0.1) is 22.9 Å². The number of carbonyl (C=O) groups is 2. The van der Waals surface area contributed by atoms with E-state index < -0.39 is 0 Å². The van der Waals surface area contributed by atoms with Crippen molar-refractivity contribution >= 4 is 62.2 Å². The van der Waals surface area contributed by atoms with Crippen molar-refractivity contribution in [3.05, 3.63) is 71.9 Å². The molecule has 32 heavy (non-hydrogen) atoms. The number of carbonyl (C=O) groups excluding carboxylic acids is 2. The first kappa shape index (κ1) is 20.3. The summed E-state index contributed by atoms with van der Waals surface area (Å²) in [4.78, 5) is 36.4. The van der Waals surface area contributed by atoms with Gasteiger partial charge in [0.25, 0.3) is 0 Å². The average molecular weight is 454 g/mol. The van der Waals surface area contributed by atoms with Gasteiger partial charge in [0, 0.05) is 33.9 Å². The topological polar surface area (TPSA) is 91.5 Å². The SMILES string of the molecule is O=CPc1ncc(-c2ccc3cc(C#Cc4ccc5nc(PC=O)[nH]c5c4)ccc3c2)[nH]1. The van der Waals surface area contributed by atoms with Crippen molar-refractivity contribution in [3.63, 3.8) is 0 Å². The van der Waals surface area contributed by atoms with Gasteiger partial charge in [-0.15, -0.1) is 0 Å². The first-order valence-electron chi connectivity index (χ1n) is 9.73. The van der Waals surface area contributed by atoms with Gasteiger partial charge in [0.2, 0.25) is 0 Å². The lowest BCUT2D eigenvalue weighted by Crippen LogP contribution is -1.97. The summed E-state index contributed by atoms with van der Waals surface area (Å²) in [5.74, 6) is 6.43. The fourth-order valence-corrected chi connectivity index (χ4v) is 4.41. The van der Waals surface area contributed by atoms with Crippen LogP contribution in [0.3, 0.4) is 0 Å². The van der Waals surface area contributed by atoms with Crippen molar-refractivity contribution in [1.29, 1.82) is 0 Å². The molecule has 3 aromatic carbocycles. The van der Waals surface area contributed by atoms with Gasteiger partial charge in [-0.05, 0) is 47.2 Å². The maximum atomic E-state index is 10.7. The van der Waals surface area contributed by atoms with E-state index in [1.54, 1.807) is 6.20 Å². The highest BCUT2D eigenvalue weighted by molar-refractivity contribution is 7.62. The van der Waals surface area contributed by atoms with Gasteiger partial charge < -0.3 is 9.97 Å². The van der Waals surface area contributed by atoms with Crippen molar-refractivity contribution in [2.75, 3.05) is 0 Å². The molecule has 8 heteroatoms.